The molecule has 0 spiro atoms. The number of carbonyl (C=O) groups is 1. The van der Waals surface area contributed by atoms with Gasteiger partial charge in [-0.2, -0.15) is 0 Å². The summed E-state index contributed by atoms with van der Waals surface area (Å²) in [6, 6.07) is 0. The second-order valence-electron chi connectivity index (χ2n) is 8.94. The molecule has 0 aromatic rings. The molecule has 0 unspecified atom stereocenters. The number of halogens is 1. The molecule has 3 aliphatic carbocycles. The first-order valence-electron chi connectivity index (χ1n) is 11.0. The van der Waals surface area contributed by atoms with Gasteiger partial charge >= 0.3 is 5.43 Å². The van der Waals surface area contributed by atoms with Gasteiger partial charge in [-0.1, -0.05) is 64.7 Å². The van der Waals surface area contributed by atoms with E-state index in [-0.39, 0.29) is 0 Å². The number of carboxylic acid groups (broad SMARTS) is 1. The summed E-state index contributed by atoms with van der Waals surface area (Å²) in [5.41, 5.74) is -0.583. The molecular weight excluding hydrogens is 332 g/mol. The summed E-state index contributed by atoms with van der Waals surface area (Å²) in [7, 11) is 0. The zero-order valence-electron chi connectivity index (χ0n) is 16.3. The van der Waals surface area contributed by atoms with Crippen molar-refractivity contribution in [3.8, 4) is 0 Å². The fraction of sp³-hybridized carbons (Fsp3) is 0.955. The number of rotatable bonds is 4. The van der Waals surface area contributed by atoms with Gasteiger partial charge in [-0.3, -0.25) is 0 Å². The molecule has 0 saturated heterocycles. The van der Waals surface area contributed by atoms with Crippen LogP contribution in [0.5, 0.6) is 0 Å². The van der Waals surface area contributed by atoms with Crippen molar-refractivity contribution in [3.05, 3.63) is 0 Å². The highest BCUT2D eigenvalue weighted by Gasteiger charge is 2.42. The van der Waals surface area contributed by atoms with Crippen molar-refractivity contribution in [2.75, 3.05) is 0 Å². The molecule has 0 atom stereocenters. The van der Waals surface area contributed by atoms with Gasteiger partial charge in [0.15, 0.2) is 0 Å². The van der Waals surface area contributed by atoms with Gasteiger partial charge in [0.1, 0.15) is 0 Å². The van der Waals surface area contributed by atoms with Gasteiger partial charge < -0.3 is 5.11 Å². The van der Waals surface area contributed by atoms with Crippen LogP contribution < -0.4 is 0 Å². The van der Waals surface area contributed by atoms with E-state index in [4.69, 9.17) is 9.90 Å². The van der Waals surface area contributed by atoms with Gasteiger partial charge in [0, 0.05) is 11.6 Å². The van der Waals surface area contributed by atoms with Crippen LogP contribution in [-0.2, 0) is 0 Å². The molecule has 3 aliphatic rings. The van der Waals surface area contributed by atoms with Crippen molar-refractivity contribution in [3.63, 3.8) is 0 Å². The monoisotopic (exact) mass is 370 g/mol. The quantitative estimate of drug-likeness (QED) is 0.508. The lowest BCUT2D eigenvalue weighted by Gasteiger charge is -2.49. The summed E-state index contributed by atoms with van der Waals surface area (Å²) < 4.78 is 0. The Hall–Kier alpha value is -0.240. The van der Waals surface area contributed by atoms with Crippen molar-refractivity contribution >= 4 is 17.0 Å². The molecule has 146 valence electrons. The smallest absolute Gasteiger partial charge is 0.401 e. The Labute approximate surface area is 160 Å². The third kappa shape index (κ3) is 6.45. The Morgan fingerprint density at radius 1 is 0.880 bits per heavy atom. The van der Waals surface area contributed by atoms with Crippen LogP contribution in [0.3, 0.4) is 0 Å². The lowest BCUT2D eigenvalue weighted by Crippen LogP contribution is -2.37. The molecule has 0 bridgehead atoms. The predicted molar refractivity (Wildman–Crippen MR) is 106 cm³/mol. The first-order valence-corrected chi connectivity index (χ1v) is 11.3. The van der Waals surface area contributed by atoms with Crippen LogP contribution in [0.15, 0.2) is 0 Å². The molecule has 3 fully saturated rings. The highest BCUT2D eigenvalue weighted by Crippen LogP contribution is 2.54. The van der Waals surface area contributed by atoms with E-state index in [0.717, 1.165) is 23.2 Å². The van der Waals surface area contributed by atoms with Gasteiger partial charge in [-0.15, -0.1) is 0 Å². The SMILES string of the molecule is CCC[C@]1(C2CCCCC2)CC[C@@H](C2CCCCC2)CC1.O=C(O)Cl. The van der Waals surface area contributed by atoms with E-state index in [2.05, 4.69) is 18.5 Å². The Morgan fingerprint density at radius 2 is 1.32 bits per heavy atom. The Morgan fingerprint density at radius 3 is 1.80 bits per heavy atom. The molecule has 2 nitrogen and oxygen atoms in total. The molecule has 0 aromatic heterocycles. The lowest BCUT2D eigenvalue weighted by atomic mass is 9.56. The summed E-state index contributed by atoms with van der Waals surface area (Å²) in [6.45, 7) is 2.43. The minimum atomic E-state index is -1.36. The summed E-state index contributed by atoms with van der Waals surface area (Å²) in [4.78, 5) is 8.77. The Balaban J connectivity index is 0.000000511. The van der Waals surface area contributed by atoms with E-state index in [1.54, 1.807) is 51.4 Å². The second-order valence-corrected chi connectivity index (χ2v) is 9.26. The van der Waals surface area contributed by atoms with Crippen LogP contribution in [0.4, 0.5) is 4.79 Å². The second kappa shape index (κ2) is 10.8. The van der Waals surface area contributed by atoms with E-state index in [1.165, 1.54) is 51.4 Å². The molecule has 3 heteroatoms. The summed E-state index contributed by atoms with van der Waals surface area (Å²) >= 11 is 4.19. The fourth-order valence-electron chi connectivity index (χ4n) is 6.37. The summed E-state index contributed by atoms with van der Waals surface area (Å²) in [5, 5.41) is 7.18. The normalized spacial score (nSPS) is 31.8. The lowest BCUT2D eigenvalue weighted by molar-refractivity contribution is 0.0221. The highest BCUT2D eigenvalue weighted by atomic mass is 35.5. The third-order valence-corrected chi connectivity index (χ3v) is 7.56. The van der Waals surface area contributed by atoms with E-state index in [9.17, 15) is 0 Å². The van der Waals surface area contributed by atoms with Crippen LogP contribution in [0.1, 0.15) is 110 Å². The molecule has 3 saturated carbocycles. The van der Waals surface area contributed by atoms with E-state index in [1.807, 2.05) is 0 Å². The average molecular weight is 371 g/mol. The van der Waals surface area contributed by atoms with Crippen molar-refractivity contribution < 1.29 is 9.90 Å². The minimum absolute atomic E-state index is 0.778. The fourth-order valence-corrected chi connectivity index (χ4v) is 6.37. The van der Waals surface area contributed by atoms with Crippen molar-refractivity contribution in [1.82, 2.24) is 0 Å². The maximum Gasteiger partial charge on any atom is 0.401 e. The molecule has 0 radical (unpaired) electrons. The van der Waals surface area contributed by atoms with Gasteiger partial charge in [-0.25, -0.2) is 4.79 Å². The number of hydrogen-bond acceptors (Lipinski definition) is 1. The van der Waals surface area contributed by atoms with Gasteiger partial charge in [-0.05, 0) is 68.1 Å². The minimum Gasteiger partial charge on any atom is -0.469 e. The maximum absolute atomic E-state index is 8.77. The van der Waals surface area contributed by atoms with Crippen molar-refractivity contribution in [2.24, 2.45) is 23.2 Å². The molecule has 25 heavy (non-hydrogen) atoms. The molecular formula is C22H39ClO2. The maximum atomic E-state index is 8.77. The first kappa shape index (κ1) is 21.1. The third-order valence-electron chi connectivity index (χ3n) is 7.56. The largest absolute Gasteiger partial charge is 0.469 e. The molecule has 0 aliphatic heterocycles. The predicted octanol–water partition coefficient (Wildman–Crippen LogP) is 8.03. The average Bonchev–Trinajstić information content (AvgIpc) is 2.64. The number of hydrogen-bond donors (Lipinski definition) is 1. The van der Waals surface area contributed by atoms with Gasteiger partial charge in [0.2, 0.25) is 0 Å². The Kier molecular flexibility index (Phi) is 9.10. The Bertz CT molecular complexity index is 371. The summed E-state index contributed by atoms with van der Waals surface area (Å²) in [6.07, 6.45) is 24.7. The van der Waals surface area contributed by atoms with Gasteiger partial charge in [0.25, 0.3) is 0 Å². The molecule has 0 amide bonds. The molecule has 1 N–H and O–H groups in total. The van der Waals surface area contributed by atoms with Crippen LogP contribution in [0.25, 0.3) is 0 Å². The zero-order chi connectivity index (χ0) is 18.1. The van der Waals surface area contributed by atoms with Crippen LogP contribution >= 0.6 is 11.6 Å². The summed E-state index contributed by atoms with van der Waals surface area (Å²) in [5.74, 6) is 3.32. The van der Waals surface area contributed by atoms with Crippen molar-refractivity contribution in [2.45, 2.75) is 110 Å². The van der Waals surface area contributed by atoms with Crippen LogP contribution in [0, 0.1) is 23.2 Å². The van der Waals surface area contributed by atoms with E-state index >= 15 is 0 Å². The first-order chi connectivity index (χ1) is 12.1. The van der Waals surface area contributed by atoms with Gasteiger partial charge in [0.05, 0.1) is 0 Å². The highest BCUT2D eigenvalue weighted by molar-refractivity contribution is 6.60. The van der Waals surface area contributed by atoms with Crippen LogP contribution in [0.2, 0.25) is 0 Å². The molecule has 0 heterocycles. The topological polar surface area (TPSA) is 37.3 Å². The molecule has 3 rings (SSSR count). The zero-order valence-corrected chi connectivity index (χ0v) is 17.0. The van der Waals surface area contributed by atoms with Crippen LogP contribution in [-0.4, -0.2) is 10.5 Å². The van der Waals surface area contributed by atoms with E-state index < -0.39 is 5.43 Å². The van der Waals surface area contributed by atoms with Crippen molar-refractivity contribution in [1.29, 1.82) is 0 Å². The molecule has 0 aromatic carbocycles. The van der Waals surface area contributed by atoms with E-state index in [0.29, 0.717) is 0 Å². The standard InChI is InChI=1S/C21H38.CHClO2/c1-2-15-21(20-11-7-4-8-12-20)16-13-19(14-17-21)18-9-5-3-6-10-18;2-1(3)4/h18-20H,2-17H2,1H3;(H,3,4)/t19-,21+;.